The number of hydrogen-bond acceptors (Lipinski definition) is 3. The Kier molecular flexibility index (Phi) is 4.98. The summed E-state index contributed by atoms with van der Waals surface area (Å²) in [7, 11) is 1.91. The van der Waals surface area contributed by atoms with E-state index >= 15 is 0 Å². The molecule has 0 radical (unpaired) electrons. The molecule has 1 amide bonds. The number of benzene rings is 1. The molecule has 0 fully saturated rings. The number of aromatic nitrogens is 2. The first-order chi connectivity index (χ1) is 10.1. The van der Waals surface area contributed by atoms with E-state index in [-0.39, 0.29) is 5.91 Å². The van der Waals surface area contributed by atoms with Crippen LogP contribution in [0, 0.1) is 6.92 Å². The molecule has 1 aromatic heterocycles. The van der Waals surface area contributed by atoms with Gasteiger partial charge in [0.15, 0.2) is 0 Å². The minimum Gasteiger partial charge on any atom is -0.385 e. The highest BCUT2D eigenvalue weighted by molar-refractivity contribution is 5.94. The number of nitrogens with one attached hydrogen (secondary N) is 2. The number of amides is 1. The highest BCUT2D eigenvalue weighted by atomic mass is 16.1. The number of aryl methyl sites for hydroxylation is 2. The van der Waals surface area contributed by atoms with E-state index in [4.69, 9.17) is 0 Å². The lowest BCUT2D eigenvalue weighted by atomic mass is 10.1. The normalized spacial score (nSPS) is 10.4. The number of carbonyl (C=O) groups is 1. The Hall–Kier alpha value is -2.30. The van der Waals surface area contributed by atoms with Gasteiger partial charge in [0.25, 0.3) is 5.91 Å². The number of imidazole rings is 1. The van der Waals surface area contributed by atoms with E-state index in [0.29, 0.717) is 12.1 Å². The van der Waals surface area contributed by atoms with Gasteiger partial charge in [-0.1, -0.05) is 6.92 Å². The number of carbonyl (C=O) groups excluding carboxylic acids is 1. The number of rotatable bonds is 6. The fraction of sp³-hybridized carbons (Fsp3) is 0.375. The summed E-state index contributed by atoms with van der Waals surface area (Å²) in [5.41, 5.74) is 2.83. The van der Waals surface area contributed by atoms with Gasteiger partial charge in [-0.15, -0.1) is 0 Å². The number of anilines is 1. The van der Waals surface area contributed by atoms with Crippen molar-refractivity contribution in [1.82, 2.24) is 14.9 Å². The maximum Gasteiger partial charge on any atom is 0.251 e. The van der Waals surface area contributed by atoms with Gasteiger partial charge in [-0.3, -0.25) is 4.79 Å². The van der Waals surface area contributed by atoms with Crippen molar-refractivity contribution in [2.45, 2.75) is 26.8 Å². The zero-order valence-corrected chi connectivity index (χ0v) is 12.8. The van der Waals surface area contributed by atoms with Crippen LogP contribution in [0.4, 0.5) is 5.69 Å². The average Bonchev–Trinajstić information content (AvgIpc) is 2.88. The van der Waals surface area contributed by atoms with Crippen LogP contribution in [0.25, 0.3) is 0 Å². The molecule has 2 rings (SSSR count). The summed E-state index contributed by atoms with van der Waals surface area (Å²) in [6.45, 7) is 5.50. The average molecular weight is 286 g/mol. The molecule has 0 bridgehead atoms. The molecule has 0 aliphatic carbocycles. The first-order valence-corrected chi connectivity index (χ1v) is 7.20. The second-order valence-corrected chi connectivity index (χ2v) is 5.09. The van der Waals surface area contributed by atoms with Crippen LogP contribution in [-0.4, -0.2) is 22.0 Å². The summed E-state index contributed by atoms with van der Waals surface area (Å²) >= 11 is 0. The van der Waals surface area contributed by atoms with E-state index in [1.165, 1.54) is 0 Å². The molecule has 0 aliphatic heterocycles. The topological polar surface area (TPSA) is 59.0 Å². The highest BCUT2D eigenvalue weighted by Gasteiger charge is 2.08. The Labute approximate surface area is 125 Å². The minimum absolute atomic E-state index is 0.0804. The molecular weight excluding hydrogens is 264 g/mol. The van der Waals surface area contributed by atoms with Gasteiger partial charge in [0.1, 0.15) is 5.82 Å². The quantitative estimate of drug-likeness (QED) is 0.857. The van der Waals surface area contributed by atoms with Crippen LogP contribution in [0.2, 0.25) is 0 Å². The lowest BCUT2D eigenvalue weighted by molar-refractivity contribution is 0.0949. The monoisotopic (exact) mass is 286 g/mol. The van der Waals surface area contributed by atoms with Gasteiger partial charge in [0, 0.05) is 37.2 Å². The van der Waals surface area contributed by atoms with Crippen LogP contribution in [0.3, 0.4) is 0 Å². The predicted molar refractivity (Wildman–Crippen MR) is 84.3 cm³/mol. The van der Waals surface area contributed by atoms with Crippen molar-refractivity contribution in [3.63, 3.8) is 0 Å². The van der Waals surface area contributed by atoms with E-state index < -0.39 is 0 Å². The molecule has 0 unspecified atom stereocenters. The lowest BCUT2D eigenvalue weighted by Crippen LogP contribution is -2.24. The summed E-state index contributed by atoms with van der Waals surface area (Å²) in [5.74, 6) is 0.754. The third-order valence-corrected chi connectivity index (χ3v) is 3.38. The number of nitrogens with zero attached hydrogens (tertiary/aromatic N) is 2. The Bertz CT molecular complexity index is 618. The fourth-order valence-corrected chi connectivity index (χ4v) is 2.09. The molecule has 0 saturated heterocycles. The zero-order chi connectivity index (χ0) is 15.2. The van der Waals surface area contributed by atoms with E-state index in [1.807, 2.05) is 42.9 Å². The van der Waals surface area contributed by atoms with Gasteiger partial charge in [0.2, 0.25) is 0 Å². The molecule has 5 heteroatoms. The minimum atomic E-state index is -0.0804. The van der Waals surface area contributed by atoms with Crippen LogP contribution in [0.5, 0.6) is 0 Å². The van der Waals surface area contributed by atoms with Crippen molar-refractivity contribution in [3.8, 4) is 0 Å². The fourth-order valence-electron chi connectivity index (χ4n) is 2.09. The largest absolute Gasteiger partial charge is 0.385 e. The van der Waals surface area contributed by atoms with Crippen LogP contribution in [0.1, 0.15) is 35.1 Å². The van der Waals surface area contributed by atoms with E-state index in [1.54, 1.807) is 6.20 Å². The van der Waals surface area contributed by atoms with E-state index in [9.17, 15) is 4.79 Å². The molecule has 0 saturated carbocycles. The molecule has 0 aliphatic rings. The van der Waals surface area contributed by atoms with Gasteiger partial charge in [-0.05, 0) is 37.1 Å². The molecular formula is C16H22N4O. The maximum absolute atomic E-state index is 12.2. The molecule has 21 heavy (non-hydrogen) atoms. The zero-order valence-electron chi connectivity index (χ0n) is 12.8. The smallest absolute Gasteiger partial charge is 0.251 e. The van der Waals surface area contributed by atoms with Gasteiger partial charge < -0.3 is 15.2 Å². The molecule has 0 atom stereocenters. The first kappa shape index (κ1) is 15.1. The highest BCUT2D eigenvalue weighted by Crippen LogP contribution is 2.16. The third kappa shape index (κ3) is 3.84. The maximum atomic E-state index is 12.2. The van der Waals surface area contributed by atoms with Crippen molar-refractivity contribution in [1.29, 1.82) is 0 Å². The second kappa shape index (κ2) is 6.92. The summed E-state index contributed by atoms with van der Waals surface area (Å²) in [5, 5.41) is 6.23. The molecule has 1 aromatic carbocycles. The summed E-state index contributed by atoms with van der Waals surface area (Å²) < 4.78 is 1.89. The van der Waals surface area contributed by atoms with E-state index in [0.717, 1.165) is 30.0 Å². The first-order valence-electron chi connectivity index (χ1n) is 7.20. The Morgan fingerprint density at radius 2 is 2.19 bits per heavy atom. The van der Waals surface area contributed by atoms with E-state index in [2.05, 4.69) is 22.5 Å². The summed E-state index contributed by atoms with van der Waals surface area (Å²) in [6, 6.07) is 5.71. The molecule has 5 nitrogen and oxygen atoms in total. The molecule has 1 heterocycles. The Balaban J connectivity index is 1.99. The summed E-state index contributed by atoms with van der Waals surface area (Å²) in [4.78, 5) is 16.3. The predicted octanol–water partition coefficient (Wildman–Crippen LogP) is 2.48. The third-order valence-electron chi connectivity index (χ3n) is 3.38. The molecule has 0 spiro atoms. The molecule has 112 valence electrons. The Morgan fingerprint density at radius 3 is 2.81 bits per heavy atom. The van der Waals surface area contributed by atoms with Crippen molar-refractivity contribution in [2.75, 3.05) is 11.9 Å². The van der Waals surface area contributed by atoms with Crippen molar-refractivity contribution in [3.05, 3.63) is 47.5 Å². The van der Waals surface area contributed by atoms with Crippen molar-refractivity contribution >= 4 is 11.6 Å². The van der Waals surface area contributed by atoms with Crippen molar-refractivity contribution < 1.29 is 4.79 Å². The van der Waals surface area contributed by atoms with Crippen LogP contribution >= 0.6 is 0 Å². The van der Waals surface area contributed by atoms with Gasteiger partial charge >= 0.3 is 0 Å². The van der Waals surface area contributed by atoms with Crippen LogP contribution in [-0.2, 0) is 13.6 Å². The van der Waals surface area contributed by atoms with Crippen LogP contribution < -0.4 is 10.6 Å². The molecule has 2 aromatic rings. The van der Waals surface area contributed by atoms with Gasteiger partial charge in [0.05, 0.1) is 6.54 Å². The standard InChI is InChI=1S/C16H22N4O/c1-4-7-17-14-6-5-13(10-12(14)2)16(21)19-11-15-18-8-9-20(15)3/h5-6,8-10,17H,4,7,11H2,1-3H3,(H,19,21). The summed E-state index contributed by atoms with van der Waals surface area (Å²) in [6.07, 6.45) is 4.66. The number of hydrogen-bond donors (Lipinski definition) is 2. The molecule has 2 N–H and O–H groups in total. The second-order valence-electron chi connectivity index (χ2n) is 5.09. The van der Waals surface area contributed by atoms with Gasteiger partial charge in [-0.25, -0.2) is 4.98 Å². The van der Waals surface area contributed by atoms with Crippen molar-refractivity contribution in [2.24, 2.45) is 7.05 Å². The SMILES string of the molecule is CCCNc1ccc(C(=O)NCc2nccn2C)cc1C. The van der Waals surface area contributed by atoms with Gasteiger partial charge in [-0.2, -0.15) is 0 Å². The Morgan fingerprint density at radius 1 is 1.38 bits per heavy atom. The van der Waals surface area contributed by atoms with Crippen LogP contribution in [0.15, 0.2) is 30.6 Å². The lowest BCUT2D eigenvalue weighted by Gasteiger charge is -2.11.